The summed E-state index contributed by atoms with van der Waals surface area (Å²) in [4.78, 5) is 21.6. The molecule has 88 valence electrons. The van der Waals surface area contributed by atoms with E-state index >= 15 is 0 Å². The second kappa shape index (κ2) is 8.08. The summed E-state index contributed by atoms with van der Waals surface area (Å²) in [5.74, 6) is -0.220. The van der Waals surface area contributed by atoms with Gasteiger partial charge in [0, 0.05) is 6.42 Å². The quantitative estimate of drug-likeness (QED) is 0.637. The molecule has 0 fully saturated rings. The molecule has 0 aliphatic carbocycles. The Hall–Kier alpha value is -1.26. The molecule has 0 aromatic heterocycles. The first-order valence-corrected chi connectivity index (χ1v) is 5.00. The third-order valence-corrected chi connectivity index (χ3v) is 1.76. The van der Waals surface area contributed by atoms with Crippen molar-refractivity contribution in [2.75, 3.05) is 13.7 Å². The summed E-state index contributed by atoms with van der Waals surface area (Å²) >= 11 is 0. The highest BCUT2D eigenvalue weighted by molar-refractivity contribution is 5.69. The molecule has 5 nitrogen and oxygen atoms in total. The Labute approximate surface area is 89.7 Å². The van der Waals surface area contributed by atoms with Crippen LogP contribution in [0.4, 0.5) is 4.79 Å². The second-order valence-corrected chi connectivity index (χ2v) is 3.08. The lowest BCUT2D eigenvalue weighted by Gasteiger charge is -2.11. The highest BCUT2D eigenvalue weighted by Gasteiger charge is 2.10. The summed E-state index contributed by atoms with van der Waals surface area (Å²) in [5, 5.41) is 0. The van der Waals surface area contributed by atoms with Crippen LogP contribution in [-0.2, 0) is 19.0 Å². The van der Waals surface area contributed by atoms with Crippen LogP contribution in [0.3, 0.4) is 0 Å². The van der Waals surface area contributed by atoms with Crippen LogP contribution in [0.15, 0.2) is 0 Å². The average Bonchev–Trinajstić information content (AvgIpc) is 2.18. The Morgan fingerprint density at radius 3 is 2.53 bits per heavy atom. The fourth-order valence-corrected chi connectivity index (χ4v) is 1.04. The van der Waals surface area contributed by atoms with Gasteiger partial charge < -0.3 is 14.2 Å². The summed E-state index contributed by atoms with van der Waals surface area (Å²) in [5.41, 5.74) is 0. The molecule has 0 aromatic carbocycles. The zero-order chi connectivity index (χ0) is 11.7. The lowest BCUT2D eigenvalue weighted by Crippen LogP contribution is -2.15. The zero-order valence-corrected chi connectivity index (χ0v) is 9.45. The average molecular weight is 218 g/mol. The first kappa shape index (κ1) is 13.7. The van der Waals surface area contributed by atoms with E-state index in [0.717, 1.165) is 0 Å². The van der Waals surface area contributed by atoms with Gasteiger partial charge in [0.05, 0.1) is 13.7 Å². The molecular formula is C10H18O5. The largest absolute Gasteiger partial charge is 0.508 e. The van der Waals surface area contributed by atoms with Crippen LogP contribution < -0.4 is 0 Å². The summed E-state index contributed by atoms with van der Waals surface area (Å²) in [6.45, 7) is 3.91. The van der Waals surface area contributed by atoms with Crippen LogP contribution in [0.2, 0.25) is 0 Å². The Kier molecular flexibility index (Phi) is 7.40. The van der Waals surface area contributed by atoms with Crippen LogP contribution in [0, 0.1) is 0 Å². The van der Waals surface area contributed by atoms with Gasteiger partial charge in [0.1, 0.15) is 6.10 Å². The van der Waals surface area contributed by atoms with E-state index in [2.05, 4.69) is 4.74 Å². The molecule has 0 amide bonds. The number of hydrogen-bond acceptors (Lipinski definition) is 5. The molecule has 0 heterocycles. The van der Waals surface area contributed by atoms with Crippen molar-refractivity contribution in [2.45, 2.75) is 39.2 Å². The summed E-state index contributed by atoms with van der Waals surface area (Å²) in [6, 6.07) is 0. The van der Waals surface area contributed by atoms with Gasteiger partial charge in [-0.25, -0.2) is 4.79 Å². The van der Waals surface area contributed by atoms with Crippen molar-refractivity contribution in [3.05, 3.63) is 0 Å². The van der Waals surface area contributed by atoms with Gasteiger partial charge in [-0.05, 0) is 26.7 Å². The van der Waals surface area contributed by atoms with Crippen LogP contribution in [0.25, 0.3) is 0 Å². The molecule has 0 bridgehead atoms. The van der Waals surface area contributed by atoms with E-state index in [9.17, 15) is 9.59 Å². The Morgan fingerprint density at radius 1 is 1.33 bits per heavy atom. The number of ether oxygens (including phenoxy) is 3. The van der Waals surface area contributed by atoms with E-state index < -0.39 is 6.16 Å². The summed E-state index contributed by atoms with van der Waals surface area (Å²) in [6.07, 6.45) is 0.665. The number of rotatable bonds is 6. The Morgan fingerprint density at radius 2 is 2.00 bits per heavy atom. The monoisotopic (exact) mass is 218 g/mol. The molecule has 0 rings (SSSR count). The molecule has 0 saturated carbocycles. The van der Waals surface area contributed by atoms with Gasteiger partial charge in [0.25, 0.3) is 0 Å². The van der Waals surface area contributed by atoms with Crippen molar-refractivity contribution >= 4 is 12.1 Å². The van der Waals surface area contributed by atoms with E-state index in [1.807, 2.05) is 0 Å². The smallest absolute Gasteiger partial charge is 0.466 e. The minimum Gasteiger partial charge on any atom is -0.466 e. The molecule has 5 heteroatoms. The molecule has 0 saturated heterocycles. The van der Waals surface area contributed by atoms with Gasteiger partial charge >= 0.3 is 12.1 Å². The SMILES string of the molecule is CCOC(=O)CCCC(C)OC(=O)OC. The van der Waals surface area contributed by atoms with Gasteiger partial charge in [-0.2, -0.15) is 0 Å². The third kappa shape index (κ3) is 7.78. The fourth-order valence-electron chi connectivity index (χ4n) is 1.04. The number of carbonyl (C=O) groups excluding carboxylic acids is 2. The number of esters is 1. The van der Waals surface area contributed by atoms with Crippen LogP contribution in [0.5, 0.6) is 0 Å². The Balaban J connectivity index is 3.50. The van der Waals surface area contributed by atoms with Crippen molar-refractivity contribution < 1.29 is 23.8 Å². The second-order valence-electron chi connectivity index (χ2n) is 3.08. The van der Waals surface area contributed by atoms with Crippen LogP contribution >= 0.6 is 0 Å². The lowest BCUT2D eigenvalue weighted by atomic mass is 10.2. The van der Waals surface area contributed by atoms with Gasteiger partial charge in [-0.1, -0.05) is 0 Å². The highest BCUT2D eigenvalue weighted by atomic mass is 16.7. The van der Waals surface area contributed by atoms with E-state index in [0.29, 0.717) is 25.9 Å². The molecule has 0 aromatic rings. The van der Waals surface area contributed by atoms with Crippen molar-refractivity contribution in [2.24, 2.45) is 0 Å². The predicted octanol–water partition coefficient (Wildman–Crippen LogP) is 1.89. The molecule has 0 aliphatic rings. The zero-order valence-electron chi connectivity index (χ0n) is 9.45. The first-order chi connectivity index (χ1) is 7.10. The minimum atomic E-state index is -0.696. The maximum Gasteiger partial charge on any atom is 0.508 e. The van der Waals surface area contributed by atoms with Crippen LogP contribution in [-0.4, -0.2) is 31.9 Å². The third-order valence-electron chi connectivity index (χ3n) is 1.76. The normalized spacial score (nSPS) is 11.7. The topological polar surface area (TPSA) is 61.8 Å². The molecule has 1 atom stereocenters. The molecular weight excluding hydrogens is 200 g/mol. The van der Waals surface area contributed by atoms with Gasteiger partial charge in [-0.15, -0.1) is 0 Å². The van der Waals surface area contributed by atoms with Gasteiger partial charge in [0.2, 0.25) is 0 Å². The number of hydrogen-bond donors (Lipinski definition) is 0. The predicted molar refractivity (Wildman–Crippen MR) is 53.4 cm³/mol. The maximum absolute atomic E-state index is 10.9. The van der Waals surface area contributed by atoms with E-state index in [-0.39, 0.29) is 12.1 Å². The van der Waals surface area contributed by atoms with E-state index in [1.54, 1.807) is 13.8 Å². The number of carbonyl (C=O) groups is 2. The standard InChI is InChI=1S/C10H18O5/c1-4-14-9(11)7-5-6-8(2)15-10(12)13-3/h8H,4-7H2,1-3H3. The minimum absolute atomic E-state index is 0.220. The maximum atomic E-state index is 10.9. The van der Waals surface area contributed by atoms with Gasteiger partial charge in [0.15, 0.2) is 0 Å². The Bertz CT molecular complexity index is 202. The molecule has 15 heavy (non-hydrogen) atoms. The van der Waals surface area contributed by atoms with E-state index in [4.69, 9.17) is 9.47 Å². The van der Waals surface area contributed by atoms with Crippen molar-refractivity contribution in [1.82, 2.24) is 0 Å². The fraction of sp³-hybridized carbons (Fsp3) is 0.800. The highest BCUT2D eigenvalue weighted by Crippen LogP contribution is 2.06. The molecule has 0 radical (unpaired) electrons. The summed E-state index contributed by atoms with van der Waals surface area (Å²) in [7, 11) is 1.26. The van der Waals surface area contributed by atoms with Gasteiger partial charge in [-0.3, -0.25) is 4.79 Å². The number of methoxy groups -OCH3 is 1. The molecule has 1 unspecified atom stereocenters. The van der Waals surface area contributed by atoms with Crippen LogP contribution in [0.1, 0.15) is 33.1 Å². The van der Waals surface area contributed by atoms with Crippen molar-refractivity contribution in [3.63, 3.8) is 0 Å². The first-order valence-electron chi connectivity index (χ1n) is 5.00. The summed E-state index contributed by atoms with van der Waals surface area (Å²) < 4.78 is 13.9. The van der Waals surface area contributed by atoms with Crippen molar-refractivity contribution in [1.29, 1.82) is 0 Å². The lowest BCUT2D eigenvalue weighted by molar-refractivity contribution is -0.143. The van der Waals surface area contributed by atoms with Crippen molar-refractivity contribution in [3.8, 4) is 0 Å². The molecule has 0 N–H and O–H groups in total. The van der Waals surface area contributed by atoms with E-state index in [1.165, 1.54) is 7.11 Å². The molecule has 0 spiro atoms. The molecule has 0 aliphatic heterocycles.